The first-order valence-corrected chi connectivity index (χ1v) is 11.3. The maximum atomic E-state index is 12.8. The van der Waals surface area contributed by atoms with Crippen molar-refractivity contribution in [3.63, 3.8) is 0 Å². The molecule has 0 aromatic heterocycles. The Balaban J connectivity index is 1.28. The molecule has 30 heavy (non-hydrogen) atoms. The van der Waals surface area contributed by atoms with Gasteiger partial charge < -0.3 is 19.7 Å². The van der Waals surface area contributed by atoms with Gasteiger partial charge in [0.25, 0.3) is 0 Å². The summed E-state index contributed by atoms with van der Waals surface area (Å²) in [5.41, 5.74) is 1.08. The van der Waals surface area contributed by atoms with Crippen molar-refractivity contribution in [1.29, 1.82) is 0 Å². The maximum Gasteiger partial charge on any atom is 0.225 e. The molecule has 0 unspecified atom stereocenters. The molecule has 5 atom stereocenters. The second-order valence-electron chi connectivity index (χ2n) is 9.32. The molecule has 1 N–H and O–H groups in total. The van der Waals surface area contributed by atoms with E-state index in [1.807, 2.05) is 23.1 Å². The molecule has 2 amide bonds. The van der Waals surface area contributed by atoms with E-state index in [0.29, 0.717) is 36.9 Å². The number of amides is 2. The van der Waals surface area contributed by atoms with Crippen molar-refractivity contribution in [2.24, 2.45) is 23.7 Å². The minimum absolute atomic E-state index is 0.0484. The summed E-state index contributed by atoms with van der Waals surface area (Å²) in [5, 5.41) is 3.24. The van der Waals surface area contributed by atoms with Crippen LogP contribution in [0.15, 0.2) is 18.2 Å². The van der Waals surface area contributed by atoms with Crippen molar-refractivity contribution in [3.8, 4) is 11.5 Å². The van der Waals surface area contributed by atoms with Crippen LogP contribution < -0.4 is 14.8 Å². The number of carbonyl (C=O) groups excluding carboxylic acids is 2. The van der Waals surface area contributed by atoms with Gasteiger partial charge in [0, 0.05) is 25.6 Å². The van der Waals surface area contributed by atoms with Gasteiger partial charge in [-0.3, -0.25) is 9.59 Å². The summed E-state index contributed by atoms with van der Waals surface area (Å²) in [6.07, 6.45) is 6.34. The Bertz CT molecular complexity index is 795. The average molecular weight is 415 g/mol. The summed E-state index contributed by atoms with van der Waals surface area (Å²) in [4.78, 5) is 27.1. The molecule has 2 aliphatic carbocycles. The van der Waals surface area contributed by atoms with Gasteiger partial charge in [-0.1, -0.05) is 12.5 Å². The van der Waals surface area contributed by atoms with Crippen LogP contribution in [0.5, 0.6) is 11.5 Å². The third-order valence-corrected chi connectivity index (χ3v) is 7.51. The molecule has 3 fully saturated rings. The number of rotatable bonds is 8. The van der Waals surface area contributed by atoms with E-state index in [1.54, 1.807) is 14.2 Å². The van der Waals surface area contributed by atoms with Crippen molar-refractivity contribution in [1.82, 2.24) is 10.2 Å². The van der Waals surface area contributed by atoms with Gasteiger partial charge in [0.2, 0.25) is 11.8 Å². The zero-order valence-corrected chi connectivity index (χ0v) is 18.4. The van der Waals surface area contributed by atoms with Crippen molar-refractivity contribution in [3.05, 3.63) is 23.8 Å². The lowest BCUT2D eigenvalue weighted by atomic mass is 9.84. The van der Waals surface area contributed by atoms with Crippen LogP contribution in [0.2, 0.25) is 0 Å². The second-order valence-corrected chi connectivity index (χ2v) is 9.32. The largest absolute Gasteiger partial charge is 0.493 e. The van der Waals surface area contributed by atoms with Crippen LogP contribution in [0.4, 0.5) is 0 Å². The highest BCUT2D eigenvalue weighted by atomic mass is 16.5. The Kier molecular flexibility index (Phi) is 6.21. The lowest BCUT2D eigenvalue weighted by molar-refractivity contribution is -0.129. The number of nitrogens with zero attached hydrogens (tertiary/aromatic N) is 1. The Hall–Kier alpha value is -2.24. The summed E-state index contributed by atoms with van der Waals surface area (Å²) in [5.74, 6) is 3.55. The number of likely N-dealkylation sites (tertiary alicyclic amines) is 1. The number of nitrogens with one attached hydrogen (secondary N) is 1. The van der Waals surface area contributed by atoms with Crippen molar-refractivity contribution in [2.75, 3.05) is 27.3 Å². The van der Waals surface area contributed by atoms with E-state index in [9.17, 15) is 9.59 Å². The van der Waals surface area contributed by atoms with Crippen molar-refractivity contribution < 1.29 is 19.1 Å². The van der Waals surface area contributed by atoms with Gasteiger partial charge >= 0.3 is 0 Å². The highest BCUT2D eigenvalue weighted by molar-refractivity contribution is 5.89. The molecule has 164 valence electrons. The van der Waals surface area contributed by atoms with E-state index in [4.69, 9.17) is 9.47 Å². The van der Waals surface area contributed by atoms with Gasteiger partial charge in [0.15, 0.2) is 11.5 Å². The third-order valence-electron chi connectivity index (χ3n) is 7.51. The van der Waals surface area contributed by atoms with E-state index in [1.165, 1.54) is 25.7 Å². The van der Waals surface area contributed by atoms with E-state index in [2.05, 4.69) is 12.2 Å². The number of benzene rings is 1. The number of ether oxygens (including phenoxy) is 2. The number of hydrogen-bond donors (Lipinski definition) is 1. The van der Waals surface area contributed by atoms with Gasteiger partial charge in [-0.25, -0.2) is 0 Å². The first-order chi connectivity index (χ1) is 14.5. The maximum absolute atomic E-state index is 12.8. The van der Waals surface area contributed by atoms with Gasteiger partial charge in [0.1, 0.15) is 0 Å². The molecule has 4 rings (SSSR count). The monoisotopic (exact) mass is 414 g/mol. The van der Waals surface area contributed by atoms with Gasteiger partial charge in [-0.15, -0.1) is 0 Å². The van der Waals surface area contributed by atoms with Crippen LogP contribution in [0.25, 0.3) is 0 Å². The molecule has 1 aliphatic heterocycles. The third kappa shape index (κ3) is 4.28. The quantitative estimate of drug-likeness (QED) is 0.710. The summed E-state index contributed by atoms with van der Waals surface area (Å²) >= 11 is 0. The first kappa shape index (κ1) is 21.0. The summed E-state index contributed by atoms with van der Waals surface area (Å²) in [6.45, 7) is 3.27. The molecule has 2 saturated carbocycles. The van der Waals surface area contributed by atoms with Crippen LogP contribution in [0.3, 0.4) is 0 Å². The lowest BCUT2D eigenvalue weighted by Gasteiger charge is -2.29. The molecule has 1 aromatic rings. The zero-order chi connectivity index (χ0) is 21.3. The van der Waals surface area contributed by atoms with Crippen LogP contribution in [0.1, 0.15) is 44.6 Å². The first-order valence-electron chi connectivity index (χ1n) is 11.3. The fourth-order valence-corrected chi connectivity index (χ4v) is 5.82. The molecule has 1 heterocycles. The number of hydrogen-bond acceptors (Lipinski definition) is 4. The molecule has 1 saturated heterocycles. The number of carbonyl (C=O) groups is 2. The highest BCUT2D eigenvalue weighted by Crippen LogP contribution is 2.49. The Morgan fingerprint density at radius 1 is 1.20 bits per heavy atom. The molecule has 6 nitrogen and oxygen atoms in total. The number of methoxy groups -OCH3 is 2. The van der Waals surface area contributed by atoms with Crippen LogP contribution in [-0.2, 0) is 16.0 Å². The average Bonchev–Trinajstić information content (AvgIpc) is 3.47. The van der Waals surface area contributed by atoms with Crippen molar-refractivity contribution in [2.45, 2.75) is 51.5 Å². The van der Waals surface area contributed by atoms with Gasteiger partial charge in [-0.05, 0) is 68.1 Å². The fourth-order valence-electron chi connectivity index (χ4n) is 5.82. The minimum Gasteiger partial charge on any atom is -0.493 e. The van der Waals surface area contributed by atoms with E-state index >= 15 is 0 Å². The standard InChI is InChI=1S/C24H34N2O4/c1-15(20-11-17-4-6-18(20)10-17)25-24(28)19-13-23(27)26(14-19)9-8-16-5-7-21(29-2)22(12-16)30-3/h5,7,12,15,17-20H,4,6,8-11,13-14H2,1-3H3,(H,25,28)/t15-,17+,18+,19-,20-/m1/s1. The smallest absolute Gasteiger partial charge is 0.225 e. The van der Waals surface area contributed by atoms with E-state index in [0.717, 1.165) is 23.8 Å². The minimum atomic E-state index is -0.232. The predicted octanol–water partition coefficient (Wildman–Crippen LogP) is 3.04. The van der Waals surface area contributed by atoms with Crippen molar-refractivity contribution >= 4 is 11.8 Å². The molecule has 0 spiro atoms. The topological polar surface area (TPSA) is 67.9 Å². The summed E-state index contributed by atoms with van der Waals surface area (Å²) in [7, 11) is 3.23. The summed E-state index contributed by atoms with van der Waals surface area (Å²) in [6, 6.07) is 6.03. The van der Waals surface area contributed by atoms with Gasteiger partial charge in [-0.2, -0.15) is 0 Å². The van der Waals surface area contributed by atoms with E-state index < -0.39 is 0 Å². The molecular formula is C24H34N2O4. The normalized spacial score (nSPS) is 28.6. The molecule has 2 bridgehead atoms. The highest BCUT2D eigenvalue weighted by Gasteiger charge is 2.43. The fraction of sp³-hybridized carbons (Fsp3) is 0.667. The second kappa shape index (κ2) is 8.86. The van der Waals surface area contributed by atoms with Crippen LogP contribution >= 0.6 is 0 Å². The Morgan fingerprint density at radius 2 is 2.00 bits per heavy atom. The zero-order valence-electron chi connectivity index (χ0n) is 18.4. The molecule has 6 heteroatoms. The Labute approximate surface area is 179 Å². The van der Waals surface area contributed by atoms with Gasteiger partial charge in [0.05, 0.1) is 20.1 Å². The molecular weight excluding hydrogens is 380 g/mol. The number of fused-ring (bicyclic) bond motifs is 2. The lowest BCUT2D eigenvalue weighted by Crippen LogP contribution is -2.43. The molecule has 1 aromatic carbocycles. The Morgan fingerprint density at radius 3 is 2.67 bits per heavy atom. The molecule has 0 radical (unpaired) electrons. The summed E-state index contributed by atoms with van der Waals surface area (Å²) < 4.78 is 10.6. The molecule has 3 aliphatic rings. The van der Waals surface area contributed by atoms with E-state index in [-0.39, 0.29) is 23.8 Å². The predicted molar refractivity (Wildman–Crippen MR) is 114 cm³/mol. The van der Waals surface area contributed by atoms with Crippen LogP contribution in [-0.4, -0.2) is 50.1 Å². The SMILES string of the molecule is COc1ccc(CCN2C[C@H](C(=O)N[C@H](C)[C@H]3C[C@H]4CC[C@H]3C4)CC2=O)cc1OC. The van der Waals surface area contributed by atoms with Crippen LogP contribution in [0, 0.1) is 23.7 Å².